The molecular weight excluding hydrogens is 360 g/mol. The molecule has 2 fully saturated rings. The lowest BCUT2D eigenvalue weighted by Gasteiger charge is -2.31. The lowest BCUT2D eigenvalue weighted by atomic mass is 9.97. The van der Waals surface area contributed by atoms with Crippen molar-refractivity contribution in [3.05, 3.63) is 35.9 Å². The Bertz CT molecular complexity index is 708. The molecule has 4 atom stereocenters. The zero-order valence-electron chi connectivity index (χ0n) is 15.9. The summed E-state index contributed by atoms with van der Waals surface area (Å²) in [5, 5.41) is 21.9. The molecule has 1 aromatic carbocycles. The van der Waals surface area contributed by atoms with Crippen molar-refractivity contribution >= 4 is 17.8 Å². The van der Waals surface area contributed by atoms with E-state index in [1.54, 1.807) is 0 Å². The Morgan fingerprint density at radius 2 is 1.86 bits per heavy atom. The molecule has 1 aliphatic heterocycles. The maximum atomic E-state index is 13.1. The Labute approximate surface area is 164 Å². The maximum Gasteiger partial charge on any atom is 0.323 e. The van der Waals surface area contributed by atoms with Crippen LogP contribution in [0.25, 0.3) is 0 Å². The number of hydrogen-bond donors (Lipinski definition) is 3. The van der Waals surface area contributed by atoms with Gasteiger partial charge in [-0.25, -0.2) is 0 Å². The summed E-state index contributed by atoms with van der Waals surface area (Å²) in [6.45, 7) is -0.320. The van der Waals surface area contributed by atoms with Gasteiger partial charge >= 0.3 is 11.9 Å². The first kappa shape index (κ1) is 20.3. The zero-order chi connectivity index (χ0) is 20.1. The molecule has 0 spiro atoms. The first-order chi connectivity index (χ1) is 13.5. The fraction of sp³-hybridized carbons (Fsp3) is 0.571. The van der Waals surface area contributed by atoms with E-state index in [0.29, 0.717) is 25.2 Å². The molecule has 3 N–H and O–H groups in total. The van der Waals surface area contributed by atoms with E-state index >= 15 is 0 Å². The number of amides is 1. The van der Waals surface area contributed by atoms with Gasteiger partial charge in [0.15, 0.2) is 0 Å². The number of carboxylic acids is 2. The number of fused-ring (bicyclic) bond motifs is 1. The highest BCUT2D eigenvalue weighted by atomic mass is 16.4. The van der Waals surface area contributed by atoms with Gasteiger partial charge in [0.1, 0.15) is 12.6 Å². The summed E-state index contributed by atoms with van der Waals surface area (Å²) in [6, 6.07) is 8.10. The number of carbonyl (C=O) groups excluding carboxylic acids is 1. The largest absolute Gasteiger partial charge is 0.480 e. The number of benzene rings is 1. The Morgan fingerprint density at radius 3 is 2.54 bits per heavy atom. The van der Waals surface area contributed by atoms with Gasteiger partial charge in [-0.1, -0.05) is 36.8 Å². The predicted octanol–water partition coefficient (Wildman–Crippen LogP) is 1.91. The molecule has 0 radical (unpaired) electrons. The Balaban J connectivity index is 1.69. The van der Waals surface area contributed by atoms with Gasteiger partial charge in [0, 0.05) is 6.04 Å². The Hall–Kier alpha value is -2.41. The van der Waals surface area contributed by atoms with Crippen LogP contribution in [0.2, 0.25) is 0 Å². The van der Waals surface area contributed by atoms with Gasteiger partial charge in [0.2, 0.25) is 5.91 Å². The summed E-state index contributed by atoms with van der Waals surface area (Å²) in [7, 11) is 0. The quantitative estimate of drug-likeness (QED) is 0.628. The topological polar surface area (TPSA) is 107 Å². The minimum Gasteiger partial charge on any atom is -0.480 e. The van der Waals surface area contributed by atoms with E-state index in [-0.39, 0.29) is 18.5 Å². The van der Waals surface area contributed by atoms with Crippen molar-refractivity contribution in [2.24, 2.45) is 5.92 Å². The van der Waals surface area contributed by atoms with Gasteiger partial charge in [-0.3, -0.25) is 19.7 Å². The fourth-order valence-electron chi connectivity index (χ4n) is 4.60. The van der Waals surface area contributed by atoms with Crippen molar-refractivity contribution in [2.45, 2.75) is 63.1 Å². The summed E-state index contributed by atoms with van der Waals surface area (Å²) in [5.74, 6) is -1.98. The molecule has 3 rings (SSSR count). The lowest BCUT2D eigenvalue weighted by molar-refractivity contribution is -0.148. The number of nitrogens with one attached hydrogen (secondary N) is 1. The van der Waals surface area contributed by atoms with Gasteiger partial charge in [0.05, 0.1) is 6.04 Å². The van der Waals surface area contributed by atoms with Crippen LogP contribution >= 0.6 is 0 Å². The van der Waals surface area contributed by atoms with Crippen LogP contribution in [0.5, 0.6) is 0 Å². The summed E-state index contributed by atoms with van der Waals surface area (Å²) in [6.07, 6.45) is 5.15. The molecule has 1 saturated carbocycles. The predicted molar refractivity (Wildman–Crippen MR) is 103 cm³/mol. The second kappa shape index (κ2) is 9.19. The second-order valence-electron chi connectivity index (χ2n) is 7.83. The molecule has 28 heavy (non-hydrogen) atoms. The highest BCUT2D eigenvalue weighted by Gasteiger charge is 2.42. The van der Waals surface area contributed by atoms with Crippen LogP contribution in [0.1, 0.15) is 44.1 Å². The average Bonchev–Trinajstić information content (AvgIpc) is 3.09. The Kier molecular flexibility index (Phi) is 6.67. The molecule has 0 bridgehead atoms. The van der Waals surface area contributed by atoms with Crippen LogP contribution in [0, 0.1) is 5.92 Å². The molecule has 1 aliphatic carbocycles. The summed E-state index contributed by atoms with van der Waals surface area (Å²) in [5.41, 5.74) is 1.05. The number of carboxylic acid groups (broad SMARTS) is 2. The van der Waals surface area contributed by atoms with Crippen molar-refractivity contribution < 1.29 is 24.6 Å². The molecule has 1 aromatic rings. The van der Waals surface area contributed by atoms with E-state index < -0.39 is 24.0 Å². The highest BCUT2D eigenvalue weighted by molar-refractivity contribution is 5.86. The second-order valence-corrected chi connectivity index (χ2v) is 7.83. The third-order valence-corrected chi connectivity index (χ3v) is 6.00. The highest BCUT2D eigenvalue weighted by Crippen LogP contribution is 2.36. The number of aliphatic carboxylic acids is 2. The van der Waals surface area contributed by atoms with Gasteiger partial charge in [-0.15, -0.1) is 0 Å². The maximum absolute atomic E-state index is 13.1. The van der Waals surface area contributed by atoms with Gasteiger partial charge in [-0.2, -0.15) is 0 Å². The van der Waals surface area contributed by atoms with Gasteiger partial charge < -0.3 is 15.1 Å². The van der Waals surface area contributed by atoms with Gasteiger partial charge in [0.25, 0.3) is 0 Å². The molecule has 7 nitrogen and oxygen atoms in total. The van der Waals surface area contributed by atoms with E-state index in [1.807, 2.05) is 30.3 Å². The van der Waals surface area contributed by atoms with Gasteiger partial charge in [-0.05, 0) is 50.0 Å². The summed E-state index contributed by atoms with van der Waals surface area (Å²) < 4.78 is 0. The number of carbonyl (C=O) groups is 3. The zero-order valence-corrected chi connectivity index (χ0v) is 15.9. The number of likely N-dealkylation sites (tertiary alicyclic amines) is 1. The first-order valence-electron chi connectivity index (χ1n) is 10.0. The van der Waals surface area contributed by atoms with E-state index in [0.717, 1.165) is 31.2 Å². The third-order valence-electron chi connectivity index (χ3n) is 6.00. The number of hydrogen-bond acceptors (Lipinski definition) is 4. The van der Waals surface area contributed by atoms with Crippen molar-refractivity contribution in [3.8, 4) is 0 Å². The summed E-state index contributed by atoms with van der Waals surface area (Å²) >= 11 is 0. The SMILES string of the molecule is O=C(O)CN1C(=O)C(N[C@@H](CCc2ccccc2)C(=O)O)CCC2CCCC21. The van der Waals surface area contributed by atoms with Crippen LogP contribution in [0.4, 0.5) is 0 Å². The standard InChI is InChI=1S/C21H28N2O5/c24-19(25)13-23-18-8-4-7-15(18)10-12-16(20(23)26)22-17(21(27)28)11-9-14-5-2-1-3-6-14/h1-3,5-6,15-18,22H,4,7-13H2,(H,24,25)(H,27,28)/t15?,16?,17-,18?/m0/s1. The van der Waals surface area contributed by atoms with Crippen LogP contribution in [-0.2, 0) is 20.8 Å². The molecule has 3 unspecified atom stereocenters. The van der Waals surface area contributed by atoms with Crippen molar-refractivity contribution in [1.82, 2.24) is 10.2 Å². The molecule has 1 amide bonds. The van der Waals surface area contributed by atoms with Crippen molar-refractivity contribution in [3.63, 3.8) is 0 Å². The number of nitrogens with zero attached hydrogens (tertiary/aromatic N) is 1. The molecule has 1 saturated heterocycles. The minimum atomic E-state index is -1.03. The molecule has 0 aromatic heterocycles. The van der Waals surface area contributed by atoms with Crippen LogP contribution in [0.3, 0.4) is 0 Å². The van der Waals surface area contributed by atoms with Crippen LogP contribution in [-0.4, -0.2) is 57.6 Å². The minimum absolute atomic E-state index is 0.0389. The monoisotopic (exact) mass is 388 g/mol. The average molecular weight is 388 g/mol. The third kappa shape index (κ3) is 4.90. The molecule has 7 heteroatoms. The lowest BCUT2D eigenvalue weighted by Crippen LogP contribution is -2.54. The van der Waals surface area contributed by atoms with Crippen LogP contribution in [0.15, 0.2) is 30.3 Å². The number of aryl methyl sites for hydroxylation is 1. The fourth-order valence-corrected chi connectivity index (χ4v) is 4.60. The van der Waals surface area contributed by atoms with E-state index in [2.05, 4.69) is 5.32 Å². The Morgan fingerprint density at radius 1 is 1.11 bits per heavy atom. The molecule has 2 aliphatic rings. The normalized spacial score (nSPS) is 25.8. The van der Waals surface area contributed by atoms with E-state index in [1.165, 1.54) is 4.90 Å². The molecule has 152 valence electrons. The molecule has 1 heterocycles. The molecular formula is C21H28N2O5. The van der Waals surface area contributed by atoms with Crippen molar-refractivity contribution in [2.75, 3.05) is 6.54 Å². The first-order valence-corrected chi connectivity index (χ1v) is 10.0. The number of rotatable bonds is 8. The van der Waals surface area contributed by atoms with E-state index in [9.17, 15) is 24.6 Å². The van der Waals surface area contributed by atoms with Crippen molar-refractivity contribution in [1.29, 1.82) is 0 Å². The van der Waals surface area contributed by atoms with Crippen LogP contribution < -0.4 is 5.32 Å². The summed E-state index contributed by atoms with van der Waals surface area (Å²) in [4.78, 5) is 37.6. The van der Waals surface area contributed by atoms with E-state index in [4.69, 9.17) is 0 Å². The smallest absolute Gasteiger partial charge is 0.323 e.